The van der Waals surface area contributed by atoms with Crippen molar-refractivity contribution < 1.29 is 9.53 Å². The molecular formula is C17H26N2O2. The van der Waals surface area contributed by atoms with Gasteiger partial charge in [0, 0.05) is 13.2 Å². The van der Waals surface area contributed by atoms with Crippen LogP contribution in [-0.4, -0.2) is 38.3 Å². The summed E-state index contributed by atoms with van der Waals surface area (Å²) in [5.74, 6) is -0.0143. The normalized spacial score (nSPS) is 17.4. The molecule has 0 radical (unpaired) electrons. The molecule has 1 atom stereocenters. The Morgan fingerprint density at radius 1 is 1.33 bits per heavy atom. The van der Waals surface area contributed by atoms with Crippen LogP contribution in [0.5, 0.6) is 0 Å². The van der Waals surface area contributed by atoms with Crippen LogP contribution in [0, 0.1) is 0 Å². The molecule has 2 rings (SSSR count). The quantitative estimate of drug-likeness (QED) is 0.756. The maximum atomic E-state index is 12.0. The highest BCUT2D eigenvalue weighted by Crippen LogP contribution is 2.14. The molecule has 0 bridgehead atoms. The van der Waals surface area contributed by atoms with E-state index >= 15 is 0 Å². The first-order valence-electron chi connectivity index (χ1n) is 7.92. The van der Waals surface area contributed by atoms with Gasteiger partial charge < -0.3 is 15.4 Å². The van der Waals surface area contributed by atoms with Gasteiger partial charge >= 0.3 is 0 Å². The topological polar surface area (TPSA) is 50.4 Å². The van der Waals surface area contributed by atoms with Gasteiger partial charge in [0.15, 0.2) is 0 Å². The lowest BCUT2D eigenvalue weighted by Crippen LogP contribution is -2.33. The van der Waals surface area contributed by atoms with Crippen molar-refractivity contribution in [3.8, 4) is 0 Å². The van der Waals surface area contributed by atoms with E-state index in [4.69, 9.17) is 4.74 Å². The minimum Gasteiger partial charge on any atom is -0.378 e. The van der Waals surface area contributed by atoms with E-state index in [9.17, 15) is 4.79 Å². The molecule has 1 fully saturated rings. The summed E-state index contributed by atoms with van der Waals surface area (Å²) >= 11 is 0. The molecule has 1 amide bonds. The van der Waals surface area contributed by atoms with Crippen molar-refractivity contribution in [2.45, 2.75) is 38.2 Å². The Bertz CT molecular complexity index is 416. The zero-order chi connectivity index (χ0) is 14.9. The number of nitrogens with one attached hydrogen (secondary N) is 2. The first-order chi connectivity index (χ1) is 10.3. The Balaban J connectivity index is 1.58. The van der Waals surface area contributed by atoms with E-state index in [1.54, 1.807) is 0 Å². The lowest BCUT2D eigenvalue weighted by molar-refractivity contribution is -0.122. The second-order valence-electron chi connectivity index (χ2n) is 5.60. The Hall–Kier alpha value is -1.39. The van der Waals surface area contributed by atoms with E-state index in [0.29, 0.717) is 12.6 Å². The number of rotatable bonds is 7. The van der Waals surface area contributed by atoms with Crippen molar-refractivity contribution >= 4 is 5.91 Å². The lowest BCUT2D eigenvalue weighted by atomic mass is 10.0. The van der Waals surface area contributed by atoms with E-state index in [1.165, 1.54) is 0 Å². The number of ether oxygens (including phenoxy) is 1. The third kappa shape index (κ3) is 5.48. The predicted molar refractivity (Wildman–Crippen MR) is 84.3 cm³/mol. The molecule has 4 heteroatoms. The van der Waals surface area contributed by atoms with E-state index in [2.05, 4.69) is 10.6 Å². The number of hydrogen-bond donors (Lipinski definition) is 2. The smallest absolute Gasteiger partial charge is 0.227 e. The second-order valence-corrected chi connectivity index (χ2v) is 5.60. The van der Waals surface area contributed by atoms with Crippen molar-refractivity contribution in [3.63, 3.8) is 0 Å². The molecule has 0 spiro atoms. The molecule has 2 N–H and O–H groups in total. The average Bonchev–Trinajstić information content (AvgIpc) is 2.55. The maximum absolute atomic E-state index is 12.0. The summed E-state index contributed by atoms with van der Waals surface area (Å²) in [6.07, 6.45) is 3.46. The van der Waals surface area contributed by atoms with Gasteiger partial charge in [-0.1, -0.05) is 30.3 Å². The highest BCUT2D eigenvalue weighted by molar-refractivity contribution is 5.83. The van der Waals surface area contributed by atoms with E-state index < -0.39 is 0 Å². The zero-order valence-corrected chi connectivity index (χ0v) is 12.8. The van der Waals surface area contributed by atoms with Crippen molar-refractivity contribution in [2.75, 3.05) is 26.2 Å². The molecule has 1 aliphatic rings. The third-order valence-corrected chi connectivity index (χ3v) is 3.95. The number of hydrogen-bond acceptors (Lipinski definition) is 3. The van der Waals surface area contributed by atoms with Crippen LogP contribution in [-0.2, 0) is 9.53 Å². The zero-order valence-electron chi connectivity index (χ0n) is 12.8. The summed E-state index contributed by atoms with van der Waals surface area (Å²) in [5.41, 5.74) is 1.06. The van der Waals surface area contributed by atoms with Gasteiger partial charge in [-0.3, -0.25) is 4.79 Å². The van der Waals surface area contributed by atoms with Gasteiger partial charge in [-0.2, -0.15) is 0 Å². The van der Waals surface area contributed by atoms with Crippen LogP contribution >= 0.6 is 0 Å². The molecule has 1 heterocycles. The van der Waals surface area contributed by atoms with Crippen molar-refractivity contribution in [1.29, 1.82) is 0 Å². The maximum Gasteiger partial charge on any atom is 0.227 e. The van der Waals surface area contributed by atoms with Crippen molar-refractivity contribution in [2.24, 2.45) is 0 Å². The Kier molecular flexibility index (Phi) is 6.70. The van der Waals surface area contributed by atoms with Gasteiger partial charge in [-0.15, -0.1) is 0 Å². The number of piperidine rings is 1. The van der Waals surface area contributed by atoms with Gasteiger partial charge in [-0.25, -0.2) is 0 Å². The summed E-state index contributed by atoms with van der Waals surface area (Å²) in [4.78, 5) is 12.0. The molecule has 116 valence electrons. The fourth-order valence-corrected chi connectivity index (χ4v) is 2.54. The SMILES string of the molecule is CC(C(=O)NCCCOC1CCNCC1)c1ccccc1. The first kappa shape index (κ1) is 16.0. The van der Waals surface area contributed by atoms with Crippen molar-refractivity contribution in [3.05, 3.63) is 35.9 Å². The second kappa shape index (κ2) is 8.80. The van der Waals surface area contributed by atoms with Crippen LogP contribution in [0.15, 0.2) is 30.3 Å². The van der Waals surface area contributed by atoms with Crippen LogP contribution in [0.4, 0.5) is 0 Å². The van der Waals surface area contributed by atoms with E-state index in [1.807, 2.05) is 37.3 Å². The standard InChI is InChI=1S/C17H26N2O2/c1-14(15-6-3-2-4-7-15)17(20)19-10-5-13-21-16-8-11-18-12-9-16/h2-4,6-7,14,16,18H,5,8-13H2,1H3,(H,19,20). The molecule has 1 aromatic carbocycles. The van der Waals surface area contributed by atoms with E-state index in [0.717, 1.165) is 44.5 Å². The monoisotopic (exact) mass is 290 g/mol. The lowest BCUT2D eigenvalue weighted by Gasteiger charge is -2.23. The summed E-state index contributed by atoms with van der Waals surface area (Å²) < 4.78 is 5.82. The fraction of sp³-hybridized carbons (Fsp3) is 0.588. The summed E-state index contributed by atoms with van der Waals surface area (Å²) in [7, 11) is 0. The molecule has 0 aliphatic carbocycles. The molecule has 0 saturated carbocycles. The van der Waals surface area contributed by atoms with Gasteiger partial charge in [0.25, 0.3) is 0 Å². The largest absolute Gasteiger partial charge is 0.378 e. The minimum absolute atomic E-state index is 0.0862. The van der Waals surface area contributed by atoms with Crippen LogP contribution in [0.2, 0.25) is 0 Å². The number of benzene rings is 1. The van der Waals surface area contributed by atoms with Crippen LogP contribution < -0.4 is 10.6 Å². The number of amides is 1. The van der Waals surface area contributed by atoms with Crippen LogP contribution in [0.3, 0.4) is 0 Å². The molecule has 1 aliphatic heterocycles. The molecule has 21 heavy (non-hydrogen) atoms. The minimum atomic E-state index is -0.100. The van der Waals surface area contributed by atoms with Gasteiger partial charge in [0.05, 0.1) is 12.0 Å². The number of carbonyl (C=O) groups excluding carboxylic acids is 1. The summed E-state index contributed by atoms with van der Waals surface area (Å²) in [5, 5.41) is 6.31. The van der Waals surface area contributed by atoms with Crippen molar-refractivity contribution in [1.82, 2.24) is 10.6 Å². The molecule has 0 aromatic heterocycles. The van der Waals surface area contributed by atoms with E-state index in [-0.39, 0.29) is 11.8 Å². The average molecular weight is 290 g/mol. The summed E-state index contributed by atoms with van der Waals surface area (Å²) in [6, 6.07) is 9.87. The third-order valence-electron chi connectivity index (χ3n) is 3.95. The molecule has 4 nitrogen and oxygen atoms in total. The molecular weight excluding hydrogens is 264 g/mol. The molecule has 1 aromatic rings. The summed E-state index contributed by atoms with van der Waals surface area (Å²) in [6.45, 7) is 5.45. The molecule has 1 saturated heterocycles. The van der Waals surface area contributed by atoms with Crippen LogP contribution in [0.1, 0.15) is 37.7 Å². The highest BCUT2D eigenvalue weighted by atomic mass is 16.5. The predicted octanol–water partition coefficient (Wildman–Crippen LogP) is 2.06. The Morgan fingerprint density at radius 2 is 2.05 bits per heavy atom. The molecule has 1 unspecified atom stereocenters. The van der Waals surface area contributed by atoms with Gasteiger partial charge in [-0.05, 0) is 44.8 Å². The Morgan fingerprint density at radius 3 is 2.76 bits per heavy atom. The number of carbonyl (C=O) groups is 1. The van der Waals surface area contributed by atoms with Gasteiger partial charge in [0.1, 0.15) is 0 Å². The Labute approximate surface area is 127 Å². The van der Waals surface area contributed by atoms with Crippen LogP contribution in [0.25, 0.3) is 0 Å². The fourth-order valence-electron chi connectivity index (χ4n) is 2.54. The first-order valence-corrected chi connectivity index (χ1v) is 7.92. The van der Waals surface area contributed by atoms with Gasteiger partial charge in [0.2, 0.25) is 5.91 Å². The highest BCUT2D eigenvalue weighted by Gasteiger charge is 2.15.